The number of ether oxygens (including phenoxy) is 1. The van der Waals surface area contributed by atoms with Gasteiger partial charge in [-0.2, -0.15) is 0 Å². The molecule has 23 heavy (non-hydrogen) atoms. The molecule has 0 radical (unpaired) electrons. The first-order chi connectivity index (χ1) is 11.0. The van der Waals surface area contributed by atoms with Crippen molar-refractivity contribution in [2.75, 3.05) is 17.2 Å². The average molecular weight is 312 g/mol. The third kappa shape index (κ3) is 4.57. The number of aryl methyl sites for hydroxylation is 2. The number of anilines is 2. The highest BCUT2D eigenvalue weighted by Gasteiger charge is 2.14. The highest BCUT2D eigenvalue weighted by atomic mass is 16.5. The third-order valence-corrected chi connectivity index (χ3v) is 3.26. The van der Waals surface area contributed by atoms with E-state index in [0.717, 1.165) is 11.1 Å². The van der Waals surface area contributed by atoms with Crippen molar-refractivity contribution in [2.24, 2.45) is 0 Å². The van der Waals surface area contributed by atoms with Crippen LogP contribution in [0.25, 0.3) is 0 Å². The minimum atomic E-state index is -0.725. The van der Waals surface area contributed by atoms with Gasteiger partial charge in [-0.1, -0.05) is 23.8 Å². The van der Waals surface area contributed by atoms with E-state index in [1.54, 1.807) is 24.3 Å². The van der Waals surface area contributed by atoms with Crippen LogP contribution in [0.3, 0.4) is 0 Å². The number of rotatable bonds is 4. The maximum atomic E-state index is 12.0. The summed E-state index contributed by atoms with van der Waals surface area (Å²) in [6, 6.07) is 12.5. The molecule has 0 spiro atoms. The minimum Gasteiger partial charge on any atom is -0.494 e. The van der Waals surface area contributed by atoms with Gasteiger partial charge in [-0.3, -0.25) is 9.59 Å². The Morgan fingerprint density at radius 1 is 0.913 bits per heavy atom. The maximum absolute atomic E-state index is 12.0. The Balaban J connectivity index is 2.02. The molecule has 0 atom stereocenters. The molecule has 0 aliphatic carbocycles. The number of carbonyl (C=O) groups is 2. The van der Waals surface area contributed by atoms with Crippen LogP contribution < -0.4 is 15.4 Å². The molecule has 0 aromatic heterocycles. The van der Waals surface area contributed by atoms with Crippen molar-refractivity contribution in [3.8, 4) is 5.75 Å². The van der Waals surface area contributed by atoms with E-state index in [-0.39, 0.29) is 0 Å². The van der Waals surface area contributed by atoms with Crippen LogP contribution in [0.5, 0.6) is 5.75 Å². The van der Waals surface area contributed by atoms with Gasteiger partial charge in [-0.15, -0.1) is 0 Å². The monoisotopic (exact) mass is 312 g/mol. The Labute approximate surface area is 135 Å². The summed E-state index contributed by atoms with van der Waals surface area (Å²) >= 11 is 0. The van der Waals surface area contributed by atoms with Crippen LogP contribution in [0, 0.1) is 13.8 Å². The largest absolute Gasteiger partial charge is 0.494 e. The lowest BCUT2D eigenvalue weighted by atomic mass is 10.2. The second kappa shape index (κ2) is 7.45. The highest BCUT2D eigenvalue weighted by molar-refractivity contribution is 6.43. The molecule has 2 N–H and O–H groups in total. The second-order valence-corrected chi connectivity index (χ2v) is 5.19. The zero-order valence-corrected chi connectivity index (χ0v) is 13.5. The number of carbonyl (C=O) groups excluding carboxylic acids is 2. The molecule has 0 saturated heterocycles. The van der Waals surface area contributed by atoms with Gasteiger partial charge in [-0.25, -0.2) is 0 Å². The maximum Gasteiger partial charge on any atom is 0.314 e. The molecule has 5 nitrogen and oxygen atoms in total. The molecule has 0 unspecified atom stereocenters. The number of hydrogen-bond acceptors (Lipinski definition) is 3. The molecular formula is C18H20N2O3. The van der Waals surface area contributed by atoms with Crippen LogP contribution >= 0.6 is 0 Å². The molecule has 0 bridgehead atoms. The molecule has 2 aromatic rings. The van der Waals surface area contributed by atoms with Gasteiger partial charge in [0, 0.05) is 17.4 Å². The van der Waals surface area contributed by atoms with Gasteiger partial charge in [-0.05, 0) is 44.5 Å². The third-order valence-electron chi connectivity index (χ3n) is 3.26. The molecular weight excluding hydrogens is 292 g/mol. The van der Waals surface area contributed by atoms with Crippen LogP contribution in [0.4, 0.5) is 11.4 Å². The van der Waals surface area contributed by atoms with Crippen LogP contribution in [-0.4, -0.2) is 18.4 Å². The Bertz CT molecular complexity index is 709. The minimum absolute atomic E-state index is 0.517. The summed E-state index contributed by atoms with van der Waals surface area (Å²) in [7, 11) is 0. The fraction of sp³-hybridized carbons (Fsp3) is 0.222. The van der Waals surface area contributed by atoms with Gasteiger partial charge in [0.1, 0.15) is 5.75 Å². The van der Waals surface area contributed by atoms with E-state index in [0.29, 0.717) is 23.7 Å². The van der Waals surface area contributed by atoms with Crippen LogP contribution in [0.15, 0.2) is 42.5 Å². The Hall–Kier alpha value is -2.82. The zero-order chi connectivity index (χ0) is 16.8. The van der Waals surface area contributed by atoms with Gasteiger partial charge < -0.3 is 15.4 Å². The molecule has 2 rings (SSSR count). The van der Waals surface area contributed by atoms with Gasteiger partial charge in [0.25, 0.3) is 0 Å². The fourth-order valence-electron chi connectivity index (χ4n) is 2.00. The first-order valence-electron chi connectivity index (χ1n) is 7.42. The van der Waals surface area contributed by atoms with Crippen LogP contribution in [-0.2, 0) is 9.59 Å². The molecule has 120 valence electrons. The van der Waals surface area contributed by atoms with Gasteiger partial charge in [0.2, 0.25) is 0 Å². The van der Waals surface area contributed by atoms with E-state index in [9.17, 15) is 9.59 Å². The molecule has 0 aliphatic rings. The lowest BCUT2D eigenvalue weighted by Crippen LogP contribution is -2.29. The van der Waals surface area contributed by atoms with E-state index in [2.05, 4.69) is 10.6 Å². The van der Waals surface area contributed by atoms with Crippen LogP contribution in [0.1, 0.15) is 18.1 Å². The summed E-state index contributed by atoms with van der Waals surface area (Å²) in [6.45, 7) is 6.29. The molecule has 0 fully saturated rings. The molecule has 2 aromatic carbocycles. The van der Waals surface area contributed by atoms with E-state index in [1.165, 1.54) is 0 Å². The summed E-state index contributed by atoms with van der Waals surface area (Å²) in [4.78, 5) is 23.9. The Kier molecular flexibility index (Phi) is 5.36. The first-order valence-corrected chi connectivity index (χ1v) is 7.42. The summed E-state index contributed by atoms with van der Waals surface area (Å²) in [5, 5.41) is 5.13. The topological polar surface area (TPSA) is 67.4 Å². The SMILES string of the molecule is CCOc1cc(NC(=O)C(=O)Nc2ccc(C)cc2)ccc1C. The predicted molar refractivity (Wildman–Crippen MR) is 90.8 cm³/mol. The summed E-state index contributed by atoms with van der Waals surface area (Å²) in [6.07, 6.45) is 0. The smallest absolute Gasteiger partial charge is 0.314 e. The van der Waals surface area contributed by atoms with Gasteiger partial charge >= 0.3 is 11.8 Å². The first kappa shape index (κ1) is 16.5. The van der Waals surface area contributed by atoms with Crippen molar-refractivity contribution in [1.82, 2.24) is 0 Å². The highest BCUT2D eigenvalue weighted by Crippen LogP contribution is 2.22. The quantitative estimate of drug-likeness (QED) is 0.851. The normalized spacial score (nSPS) is 10.0. The van der Waals surface area contributed by atoms with Gasteiger partial charge in [0.15, 0.2) is 0 Å². The van der Waals surface area contributed by atoms with Crippen molar-refractivity contribution in [1.29, 1.82) is 0 Å². The standard InChI is InChI=1S/C18H20N2O3/c1-4-23-16-11-15(10-7-13(16)3)20-18(22)17(21)19-14-8-5-12(2)6-9-14/h5-11H,4H2,1-3H3,(H,19,21)(H,20,22). The number of amides is 2. The lowest BCUT2D eigenvalue weighted by Gasteiger charge is -2.10. The summed E-state index contributed by atoms with van der Waals surface area (Å²) < 4.78 is 5.47. The summed E-state index contributed by atoms with van der Waals surface area (Å²) in [5.74, 6) is -0.756. The second-order valence-electron chi connectivity index (χ2n) is 5.19. The van der Waals surface area contributed by atoms with Crippen molar-refractivity contribution in [3.05, 3.63) is 53.6 Å². The number of hydrogen-bond donors (Lipinski definition) is 2. The molecule has 0 aliphatic heterocycles. The fourth-order valence-corrected chi connectivity index (χ4v) is 2.00. The van der Waals surface area contributed by atoms with Crippen molar-refractivity contribution < 1.29 is 14.3 Å². The molecule has 0 heterocycles. The van der Waals surface area contributed by atoms with Gasteiger partial charge in [0.05, 0.1) is 6.61 Å². The van der Waals surface area contributed by atoms with E-state index < -0.39 is 11.8 Å². The lowest BCUT2D eigenvalue weighted by molar-refractivity contribution is -0.132. The molecule has 5 heteroatoms. The zero-order valence-electron chi connectivity index (χ0n) is 13.5. The van der Waals surface area contributed by atoms with Crippen molar-refractivity contribution in [3.63, 3.8) is 0 Å². The van der Waals surface area contributed by atoms with Crippen LogP contribution in [0.2, 0.25) is 0 Å². The van der Waals surface area contributed by atoms with E-state index in [4.69, 9.17) is 4.74 Å². The number of benzene rings is 2. The average Bonchev–Trinajstić information content (AvgIpc) is 2.53. The Morgan fingerprint density at radius 2 is 1.48 bits per heavy atom. The van der Waals surface area contributed by atoms with Crippen molar-refractivity contribution >= 4 is 23.2 Å². The Morgan fingerprint density at radius 3 is 2.09 bits per heavy atom. The molecule has 0 saturated carbocycles. The van der Waals surface area contributed by atoms with Crippen molar-refractivity contribution in [2.45, 2.75) is 20.8 Å². The predicted octanol–water partition coefficient (Wildman–Crippen LogP) is 3.28. The number of nitrogens with one attached hydrogen (secondary N) is 2. The van der Waals surface area contributed by atoms with E-state index in [1.807, 2.05) is 39.0 Å². The summed E-state index contributed by atoms with van der Waals surface area (Å²) in [5.41, 5.74) is 3.14. The molecule has 2 amide bonds. The van der Waals surface area contributed by atoms with E-state index >= 15 is 0 Å².